The second kappa shape index (κ2) is 4.93. The van der Waals surface area contributed by atoms with Crippen LogP contribution in [0.1, 0.15) is 10.5 Å². The van der Waals surface area contributed by atoms with Crippen LogP contribution in [-0.2, 0) is 0 Å². The van der Waals surface area contributed by atoms with Crippen LogP contribution < -0.4 is 0 Å². The zero-order chi connectivity index (χ0) is 13.2. The fourth-order valence-corrected chi connectivity index (χ4v) is 2.26. The van der Waals surface area contributed by atoms with E-state index in [2.05, 4.69) is 22.1 Å². The van der Waals surface area contributed by atoms with Crippen LogP contribution in [0.5, 0.6) is 0 Å². The molecule has 1 aliphatic heterocycles. The first-order chi connectivity index (χ1) is 9.24. The molecule has 0 bridgehead atoms. The van der Waals surface area contributed by atoms with E-state index in [4.69, 9.17) is 0 Å². The number of hydrogen-bond acceptors (Lipinski definition) is 4. The van der Waals surface area contributed by atoms with Crippen molar-refractivity contribution in [2.24, 2.45) is 0 Å². The van der Waals surface area contributed by atoms with Gasteiger partial charge in [-0.05, 0) is 19.2 Å². The number of aromatic nitrogens is 2. The van der Waals surface area contributed by atoms with Gasteiger partial charge in [-0.1, -0.05) is 18.2 Å². The van der Waals surface area contributed by atoms with Crippen molar-refractivity contribution in [3.05, 3.63) is 36.0 Å². The Kier molecular flexibility index (Phi) is 3.13. The van der Waals surface area contributed by atoms with E-state index in [1.54, 1.807) is 0 Å². The summed E-state index contributed by atoms with van der Waals surface area (Å²) < 4.78 is 0. The predicted molar refractivity (Wildman–Crippen MR) is 72.9 cm³/mol. The van der Waals surface area contributed by atoms with Gasteiger partial charge in [-0.25, -0.2) is 0 Å². The monoisotopic (exact) mass is 256 g/mol. The Hall–Kier alpha value is -2.01. The highest BCUT2D eigenvalue weighted by atomic mass is 16.2. The third kappa shape index (κ3) is 2.42. The first-order valence-corrected chi connectivity index (χ1v) is 6.44. The minimum Gasteiger partial charge on any atom is -0.335 e. The largest absolute Gasteiger partial charge is 0.335 e. The number of carbonyl (C=O) groups is 1. The fourth-order valence-electron chi connectivity index (χ4n) is 2.26. The molecule has 0 unspecified atom stereocenters. The maximum atomic E-state index is 12.4. The normalized spacial score (nSPS) is 16.8. The van der Waals surface area contributed by atoms with Gasteiger partial charge in [-0.2, -0.15) is 0 Å². The van der Waals surface area contributed by atoms with Crippen LogP contribution in [0.15, 0.2) is 30.3 Å². The summed E-state index contributed by atoms with van der Waals surface area (Å²) in [4.78, 5) is 16.4. The Labute approximate surface area is 111 Å². The summed E-state index contributed by atoms with van der Waals surface area (Å²) in [6, 6.07) is 9.52. The lowest BCUT2D eigenvalue weighted by Gasteiger charge is -2.32. The lowest BCUT2D eigenvalue weighted by atomic mass is 10.2. The van der Waals surface area contributed by atoms with E-state index < -0.39 is 0 Å². The smallest absolute Gasteiger partial charge is 0.274 e. The molecule has 1 saturated heterocycles. The number of nitrogens with zero attached hydrogens (tertiary/aromatic N) is 4. The van der Waals surface area contributed by atoms with Gasteiger partial charge in [0.2, 0.25) is 0 Å². The summed E-state index contributed by atoms with van der Waals surface area (Å²) in [5.74, 6) is -0.0219. The number of rotatable bonds is 1. The predicted octanol–water partition coefficient (Wildman–Crippen LogP) is 1.02. The first-order valence-electron chi connectivity index (χ1n) is 6.44. The van der Waals surface area contributed by atoms with Crippen LogP contribution in [-0.4, -0.2) is 59.1 Å². The molecule has 0 aliphatic carbocycles. The van der Waals surface area contributed by atoms with Crippen LogP contribution in [0.4, 0.5) is 0 Å². The second-order valence-electron chi connectivity index (χ2n) is 4.88. The molecule has 0 N–H and O–H groups in total. The fraction of sp³-hybridized carbons (Fsp3) is 0.357. The number of likely N-dealkylation sites (N-methyl/N-ethyl adjacent to an activating group) is 1. The number of carbonyl (C=O) groups excluding carboxylic acids is 1. The van der Waals surface area contributed by atoms with Crippen molar-refractivity contribution in [3.63, 3.8) is 0 Å². The van der Waals surface area contributed by atoms with Crippen LogP contribution in [0.2, 0.25) is 0 Å². The molecule has 2 heterocycles. The molecule has 1 aliphatic rings. The molecule has 1 aromatic heterocycles. The number of amides is 1. The summed E-state index contributed by atoms with van der Waals surface area (Å²) in [6.45, 7) is 3.33. The quantitative estimate of drug-likeness (QED) is 0.764. The van der Waals surface area contributed by atoms with Crippen molar-refractivity contribution in [2.75, 3.05) is 33.2 Å². The van der Waals surface area contributed by atoms with Gasteiger partial charge in [-0.3, -0.25) is 4.79 Å². The van der Waals surface area contributed by atoms with E-state index in [-0.39, 0.29) is 5.91 Å². The zero-order valence-corrected chi connectivity index (χ0v) is 10.9. The highest BCUT2D eigenvalue weighted by molar-refractivity contribution is 5.95. The molecule has 19 heavy (non-hydrogen) atoms. The molecule has 1 fully saturated rings. The lowest BCUT2D eigenvalue weighted by molar-refractivity contribution is 0.0657. The first kappa shape index (κ1) is 12.0. The Morgan fingerprint density at radius 3 is 2.63 bits per heavy atom. The second-order valence-corrected chi connectivity index (χ2v) is 4.88. The summed E-state index contributed by atoms with van der Waals surface area (Å²) in [5.41, 5.74) is 1.25. The minimum atomic E-state index is -0.0219. The molecule has 98 valence electrons. The van der Waals surface area contributed by atoms with Crippen molar-refractivity contribution in [3.8, 4) is 0 Å². The van der Waals surface area contributed by atoms with E-state index >= 15 is 0 Å². The van der Waals surface area contributed by atoms with Gasteiger partial charge in [0.15, 0.2) is 5.69 Å². The third-order valence-corrected chi connectivity index (χ3v) is 3.50. The van der Waals surface area contributed by atoms with Crippen LogP contribution in [0.25, 0.3) is 10.9 Å². The van der Waals surface area contributed by atoms with Crippen LogP contribution in [0, 0.1) is 0 Å². The average molecular weight is 256 g/mol. The molecule has 0 spiro atoms. The van der Waals surface area contributed by atoms with Gasteiger partial charge in [0, 0.05) is 31.6 Å². The highest BCUT2D eigenvalue weighted by Gasteiger charge is 2.21. The van der Waals surface area contributed by atoms with Gasteiger partial charge in [0.1, 0.15) is 0 Å². The highest BCUT2D eigenvalue weighted by Crippen LogP contribution is 2.13. The third-order valence-electron chi connectivity index (χ3n) is 3.50. The molecule has 5 nitrogen and oxygen atoms in total. The van der Waals surface area contributed by atoms with E-state index in [9.17, 15) is 4.79 Å². The molecule has 0 atom stereocenters. The Balaban J connectivity index is 1.85. The lowest BCUT2D eigenvalue weighted by Crippen LogP contribution is -2.47. The topological polar surface area (TPSA) is 49.3 Å². The number of piperazine rings is 1. The van der Waals surface area contributed by atoms with Crippen LogP contribution >= 0.6 is 0 Å². The van der Waals surface area contributed by atoms with Crippen molar-refractivity contribution in [1.29, 1.82) is 0 Å². The van der Waals surface area contributed by atoms with E-state index in [1.807, 2.05) is 35.2 Å². The molecule has 1 amide bonds. The van der Waals surface area contributed by atoms with E-state index in [0.717, 1.165) is 37.1 Å². The maximum Gasteiger partial charge on any atom is 0.274 e. The number of fused-ring (bicyclic) bond motifs is 1. The van der Waals surface area contributed by atoms with Gasteiger partial charge in [0.25, 0.3) is 5.91 Å². The number of benzene rings is 1. The van der Waals surface area contributed by atoms with Crippen molar-refractivity contribution in [2.45, 2.75) is 0 Å². The SMILES string of the molecule is CN1CCN(C(=O)c2cc3ccccc3nn2)CC1. The molecule has 0 saturated carbocycles. The van der Waals surface area contributed by atoms with Crippen molar-refractivity contribution < 1.29 is 4.79 Å². The van der Waals surface area contributed by atoms with Gasteiger partial charge in [-0.15, -0.1) is 10.2 Å². The molecular formula is C14H16N4O. The van der Waals surface area contributed by atoms with Crippen molar-refractivity contribution >= 4 is 16.8 Å². The summed E-state index contributed by atoms with van der Waals surface area (Å²) in [7, 11) is 2.07. The van der Waals surface area contributed by atoms with Gasteiger partial charge in [0.05, 0.1) is 5.52 Å². The Morgan fingerprint density at radius 1 is 1.11 bits per heavy atom. The summed E-state index contributed by atoms with van der Waals surface area (Å²) >= 11 is 0. The van der Waals surface area contributed by atoms with Gasteiger partial charge < -0.3 is 9.80 Å². The maximum absolute atomic E-state index is 12.4. The average Bonchev–Trinajstić information content (AvgIpc) is 2.47. The molecular weight excluding hydrogens is 240 g/mol. The van der Waals surface area contributed by atoms with E-state index in [0.29, 0.717) is 5.69 Å². The molecule has 0 radical (unpaired) electrons. The Morgan fingerprint density at radius 2 is 1.84 bits per heavy atom. The molecule has 2 aromatic rings. The summed E-state index contributed by atoms with van der Waals surface area (Å²) in [6.07, 6.45) is 0. The summed E-state index contributed by atoms with van der Waals surface area (Å²) in [5, 5.41) is 9.10. The molecule has 5 heteroatoms. The molecule has 3 rings (SSSR count). The number of hydrogen-bond donors (Lipinski definition) is 0. The zero-order valence-electron chi connectivity index (χ0n) is 10.9. The Bertz CT molecular complexity index is 605. The molecule has 1 aromatic carbocycles. The van der Waals surface area contributed by atoms with E-state index in [1.165, 1.54) is 0 Å². The standard InChI is InChI=1S/C14H16N4O/c1-17-6-8-18(9-7-17)14(19)13-10-11-4-2-3-5-12(11)15-16-13/h2-5,10H,6-9H2,1H3. The van der Waals surface area contributed by atoms with Gasteiger partial charge >= 0.3 is 0 Å². The van der Waals surface area contributed by atoms with Crippen molar-refractivity contribution in [1.82, 2.24) is 20.0 Å². The van der Waals surface area contributed by atoms with Crippen LogP contribution in [0.3, 0.4) is 0 Å². The minimum absolute atomic E-state index is 0.0219.